The normalized spacial score (nSPS) is 11.1. The number of nitrogens with zero attached hydrogens (tertiary/aromatic N) is 3. The smallest absolute Gasteiger partial charge is 0.129 e. The van der Waals surface area contributed by atoms with Crippen LogP contribution in [0.1, 0.15) is 0 Å². The average Bonchev–Trinajstić information content (AvgIpc) is 2.35. The minimum atomic E-state index is 0.984. The highest BCUT2D eigenvalue weighted by Gasteiger charge is 2.03. The van der Waals surface area contributed by atoms with Crippen LogP contribution in [0.2, 0.25) is 0 Å². The van der Waals surface area contributed by atoms with Crippen molar-refractivity contribution in [2.24, 2.45) is 0 Å². The lowest BCUT2D eigenvalue weighted by molar-refractivity contribution is 0.416. The number of anilines is 1. The van der Waals surface area contributed by atoms with E-state index in [9.17, 15) is 0 Å². The molecule has 0 bridgehead atoms. The molecule has 2 aromatic rings. The fourth-order valence-corrected chi connectivity index (χ4v) is 1.73. The average molecular weight is 229 g/mol. The first-order chi connectivity index (χ1) is 8.16. The number of aromatic nitrogens is 1. The summed E-state index contributed by atoms with van der Waals surface area (Å²) in [5.74, 6) is 1.03. The Hall–Kier alpha value is -1.61. The monoisotopic (exact) mass is 229 g/mol. The summed E-state index contributed by atoms with van der Waals surface area (Å²) >= 11 is 0. The van der Waals surface area contributed by atoms with Gasteiger partial charge in [-0.3, -0.25) is 0 Å². The zero-order chi connectivity index (χ0) is 12.3. The Morgan fingerprint density at radius 1 is 0.941 bits per heavy atom. The van der Waals surface area contributed by atoms with Crippen molar-refractivity contribution in [3.05, 3.63) is 36.4 Å². The molecule has 0 saturated carbocycles. The van der Waals surface area contributed by atoms with E-state index < -0.39 is 0 Å². The third-order valence-electron chi connectivity index (χ3n) is 2.86. The molecule has 1 aromatic heterocycles. The van der Waals surface area contributed by atoms with Gasteiger partial charge >= 0.3 is 0 Å². The Kier molecular flexibility index (Phi) is 3.59. The molecule has 0 amide bonds. The van der Waals surface area contributed by atoms with Crippen LogP contribution in [0.3, 0.4) is 0 Å². The summed E-state index contributed by atoms with van der Waals surface area (Å²) in [6, 6.07) is 12.4. The maximum Gasteiger partial charge on any atom is 0.129 e. The van der Waals surface area contributed by atoms with Gasteiger partial charge in [0.2, 0.25) is 0 Å². The Balaban J connectivity index is 2.18. The summed E-state index contributed by atoms with van der Waals surface area (Å²) in [7, 11) is 6.25. The molecule has 0 spiro atoms. The topological polar surface area (TPSA) is 19.4 Å². The first-order valence-electron chi connectivity index (χ1n) is 5.88. The molecular weight excluding hydrogens is 210 g/mol. The van der Waals surface area contributed by atoms with Gasteiger partial charge in [-0.1, -0.05) is 18.2 Å². The van der Waals surface area contributed by atoms with Crippen LogP contribution in [0, 0.1) is 0 Å². The fraction of sp³-hybridized carbons (Fsp3) is 0.357. The quantitative estimate of drug-likeness (QED) is 0.801. The van der Waals surface area contributed by atoms with E-state index in [0.29, 0.717) is 0 Å². The van der Waals surface area contributed by atoms with Crippen LogP contribution in [0.25, 0.3) is 10.9 Å². The Morgan fingerprint density at radius 2 is 1.71 bits per heavy atom. The molecular formula is C14H19N3. The van der Waals surface area contributed by atoms with Crippen LogP contribution >= 0.6 is 0 Å². The summed E-state index contributed by atoms with van der Waals surface area (Å²) in [5, 5.41) is 1.19. The summed E-state index contributed by atoms with van der Waals surface area (Å²) in [4.78, 5) is 9.03. The lowest BCUT2D eigenvalue weighted by atomic mass is 10.2. The first kappa shape index (κ1) is 11.9. The lowest BCUT2D eigenvalue weighted by Gasteiger charge is -2.20. The fourth-order valence-electron chi connectivity index (χ4n) is 1.73. The Bertz CT molecular complexity index is 494. The number of fused-ring (bicyclic) bond motifs is 1. The maximum absolute atomic E-state index is 4.66. The Morgan fingerprint density at radius 3 is 2.47 bits per heavy atom. The summed E-state index contributed by atoms with van der Waals surface area (Å²) in [5.41, 5.74) is 1.06. The van der Waals surface area contributed by atoms with E-state index in [2.05, 4.69) is 60.2 Å². The summed E-state index contributed by atoms with van der Waals surface area (Å²) in [6.07, 6.45) is 0. The predicted octanol–water partition coefficient (Wildman–Crippen LogP) is 2.23. The standard InChI is InChI=1S/C14H19N3/c1-16(2)10-11-17(3)14-9-8-12-6-4-5-7-13(12)15-14/h4-9H,10-11H2,1-3H3. The molecule has 0 atom stereocenters. The molecule has 2 rings (SSSR count). The van der Waals surface area contributed by atoms with Gasteiger partial charge in [0.05, 0.1) is 5.52 Å². The highest BCUT2D eigenvalue weighted by atomic mass is 15.2. The van der Waals surface area contributed by atoms with Crippen LogP contribution in [-0.2, 0) is 0 Å². The number of rotatable bonds is 4. The molecule has 1 heterocycles. The van der Waals surface area contributed by atoms with Crippen molar-refractivity contribution in [3.63, 3.8) is 0 Å². The number of benzene rings is 1. The van der Waals surface area contributed by atoms with Crippen LogP contribution in [0.5, 0.6) is 0 Å². The summed E-state index contributed by atoms with van der Waals surface area (Å²) < 4.78 is 0. The van der Waals surface area contributed by atoms with Gasteiger partial charge in [0.15, 0.2) is 0 Å². The molecule has 17 heavy (non-hydrogen) atoms. The van der Waals surface area contributed by atoms with Crippen molar-refractivity contribution in [2.75, 3.05) is 39.1 Å². The van der Waals surface area contributed by atoms with E-state index in [-0.39, 0.29) is 0 Å². The van der Waals surface area contributed by atoms with E-state index in [0.717, 1.165) is 24.4 Å². The molecule has 0 fully saturated rings. The van der Waals surface area contributed by atoms with Crippen LogP contribution in [0.15, 0.2) is 36.4 Å². The van der Waals surface area contributed by atoms with Gasteiger partial charge in [0.25, 0.3) is 0 Å². The zero-order valence-corrected chi connectivity index (χ0v) is 10.7. The van der Waals surface area contributed by atoms with E-state index in [1.54, 1.807) is 0 Å². The molecule has 0 aliphatic heterocycles. The molecule has 0 saturated heterocycles. The van der Waals surface area contributed by atoms with Crippen molar-refractivity contribution < 1.29 is 0 Å². The van der Waals surface area contributed by atoms with Gasteiger partial charge in [-0.2, -0.15) is 0 Å². The lowest BCUT2D eigenvalue weighted by Crippen LogP contribution is -2.28. The number of para-hydroxylation sites is 1. The van der Waals surface area contributed by atoms with E-state index in [4.69, 9.17) is 0 Å². The minimum Gasteiger partial charge on any atom is -0.358 e. The SMILES string of the molecule is CN(C)CCN(C)c1ccc2ccccc2n1. The predicted molar refractivity (Wildman–Crippen MR) is 73.6 cm³/mol. The zero-order valence-electron chi connectivity index (χ0n) is 10.7. The van der Waals surface area contributed by atoms with Crippen LogP contribution < -0.4 is 4.90 Å². The van der Waals surface area contributed by atoms with Crippen LogP contribution in [0.4, 0.5) is 5.82 Å². The highest BCUT2D eigenvalue weighted by Crippen LogP contribution is 2.16. The van der Waals surface area contributed by atoms with Gasteiger partial charge in [-0.15, -0.1) is 0 Å². The van der Waals surface area contributed by atoms with Gasteiger partial charge in [-0.25, -0.2) is 4.98 Å². The molecule has 90 valence electrons. The molecule has 0 radical (unpaired) electrons. The van der Waals surface area contributed by atoms with Gasteiger partial charge in [-0.05, 0) is 32.3 Å². The van der Waals surface area contributed by atoms with Crippen molar-refractivity contribution >= 4 is 16.7 Å². The second kappa shape index (κ2) is 5.15. The minimum absolute atomic E-state index is 0.984. The van der Waals surface area contributed by atoms with Gasteiger partial charge < -0.3 is 9.80 Å². The molecule has 0 unspecified atom stereocenters. The van der Waals surface area contributed by atoms with Crippen molar-refractivity contribution in [1.29, 1.82) is 0 Å². The van der Waals surface area contributed by atoms with Gasteiger partial charge in [0, 0.05) is 25.5 Å². The van der Waals surface area contributed by atoms with E-state index >= 15 is 0 Å². The van der Waals surface area contributed by atoms with E-state index in [1.807, 2.05) is 12.1 Å². The van der Waals surface area contributed by atoms with E-state index in [1.165, 1.54) is 5.39 Å². The first-order valence-corrected chi connectivity index (χ1v) is 5.88. The molecule has 1 aromatic carbocycles. The molecule has 0 aliphatic rings. The molecule has 0 aliphatic carbocycles. The van der Waals surface area contributed by atoms with Crippen LogP contribution in [-0.4, -0.2) is 44.1 Å². The second-order valence-electron chi connectivity index (χ2n) is 4.59. The molecule has 0 N–H and O–H groups in total. The van der Waals surface area contributed by atoms with Crippen molar-refractivity contribution in [3.8, 4) is 0 Å². The second-order valence-corrected chi connectivity index (χ2v) is 4.59. The summed E-state index contributed by atoms with van der Waals surface area (Å²) in [6.45, 7) is 2.02. The molecule has 3 nitrogen and oxygen atoms in total. The largest absolute Gasteiger partial charge is 0.358 e. The number of hydrogen-bond acceptors (Lipinski definition) is 3. The number of pyridine rings is 1. The number of likely N-dealkylation sites (N-methyl/N-ethyl adjacent to an activating group) is 2. The van der Waals surface area contributed by atoms with Gasteiger partial charge in [0.1, 0.15) is 5.82 Å². The Labute approximate surface area is 103 Å². The van der Waals surface area contributed by atoms with Crippen molar-refractivity contribution in [1.82, 2.24) is 9.88 Å². The molecule has 3 heteroatoms. The highest BCUT2D eigenvalue weighted by molar-refractivity contribution is 5.80. The third-order valence-corrected chi connectivity index (χ3v) is 2.86. The third kappa shape index (κ3) is 2.94. The number of hydrogen-bond donors (Lipinski definition) is 0. The maximum atomic E-state index is 4.66. The van der Waals surface area contributed by atoms with Crippen molar-refractivity contribution in [2.45, 2.75) is 0 Å².